The van der Waals surface area contributed by atoms with Crippen LogP contribution in [0, 0.1) is 5.92 Å². The Morgan fingerprint density at radius 3 is 2.35 bits per heavy atom. The summed E-state index contributed by atoms with van der Waals surface area (Å²) in [7, 11) is 0. The molecule has 1 heteroatoms. The number of hydrogen-bond donors (Lipinski definition) is 1. The number of likely N-dealkylation sites (N-methyl/N-ethyl adjacent to an activating group) is 1. The van der Waals surface area contributed by atoms with Crippen molar-refractivity contribution in [2.24, 2.45) is 5.92 Å². The van der Waals surface area contributed by atoms with Crippen LogP contribution in [0.25, 0.3) is 0 Å². The zero-order valence-corrected chi connectivity index (χ0v) is 11.6. The summed E-state index contributed by atoms with van der Waals surface area (Å²) in [5.74, 6) is 1.52. The summed E-state index contributed by atoms with van der Waals surface area (Å²) in [5, 5.41) is 3.49. The average molecular weight is 233 g/mol. The summed E-state index contributed by atoms with van der Waals surface area (Å²) in [6.07, 6.45) is 3.93. The van der Waals surface area contributed by atoms with Gasteiger partial charge in [-0.05, 0) is 30.4 Å². The van der Waals surface area contributed by atoms with E-state index in [1.807, 2.05) is 0 Å². The third kappa shape index (κ3) is 5.36. The Balaban J connectivity index is 2.54. The molecule has 0 aliphatic heterocycles. The summed E-state index contributed by atoms with van der Waals surface area (Å²) in [6, 6.07) is 10.9. The summed E-state index contributed by atoms with van der Waals surface area (Å²) >= 11 is 0. The first kappa shape index (κ1) is 14.2. The van der Waals surface area contributed by atoms with Crippen LogP contribution in [0.1, 0.15) is 51.5 Å². The van der Waals surface area contributed by atoms with E-state index in [1.165, 1.54) is 24.8 Å². The van der Waals surface area contributed by atoms with Gasteiger partial charge in [-0.15, -0.1) is 0 Å². The van der Waals surface area contributed by atoms with Crippen molar-refractivity contribution in [3.63, 3.8) is 0 Å². The lowest BCUT2D eigenvalue weighted by Crippen LogP contribution is -2.21. The van der Waals surface area contributed by atoms with Gasteiger partial charge in [0.25, 0.3) is 0 Å². The van der Waals surface area contributed by atoms with E-state index in [-0.39, 0.29) is 0 Å². The van der Waals surface area contributed by atoms with Crippen LogP contribution in [0.2, 0.25) is 0 Å². The van der Waals surface area contributed by atoms with Crippen molar-refractivity contribution in [1.29, 1.82) is 0 Å². The van der Waals surface area contributed by atoms with Gasteiger partial charge in [0.05, 0.1) is 0 Å². The SMILES string of the molecule is CCNCC(CCC(C)CC)c1ccccc1. The van der Waals surface area contributed by atoms with Crippen molar-refractivity contribution >= 4 is 0 Å². The van der Waals surface area contributed by atoms with Gasteiger partial charge in [-0.1, -0.05) is 63.9 Å². The third-order valence-corrected chi connectivity index (χ3v) is 3.62. The highest BCUT2D eigenvalue weighted by Gasteiger charge is 2.11. The molecule has 0 amide bonds. The topological polar surface area (TPSA) is 12.0 Å². The Labute approximate surface area is 107 Å². The van der Waals surface area contributed by atoms with Crippen molar-refractivity contribution in [2.45, 2.75) is 46.0 Å². The molecule has 1 N–H and O–H groups in total. The van der Waals surface area contributed by atoms with Crippen LogP contribution in [-0.4, -0.2) is 13.1 Å². The smallest absolute Gasteiger partial charge is 0.00200 e. The molecule has 96 valence electrons. The molecule has 0 heterocycles. The molecular formula is C16H27N. The first-order chi connectivity index (χ1) is 8.27. The van der Waals surface area contributed by atoms with Gasteiger partial charge < -0.3 is 5.32 Å². The molecule has 0 aromatic heterocycles. The maximum absolute atomic E-state index is 3.49. The largest absolute Gasteiger partial charge is 0.316 e. The second kappa shape index (κ2) is 8.30. The van der Waals surface area contributed by atoms with Crippen LogP contribution >= 0.6 is 0 Å². The van der Waals surface area contributed by atoms with Crippen LogP contribution in [0.4, 0.5) is 0 Å². The number of hydrogen-bond acceptors (Lipinski definition) is 1. The molecule has 0 radical (unpaired) electrons. The van der Waals surface area contributed by atoms with Gasteiger partial charge in [-0.25, -0.2) is 0 Å². The molecule has 0 aliphatic rings. The average Bonchev–Trinajstić information content (AvgIpc) is 2.39. The monoisotopic (exact) mass is 233 g/mol. The zero-order valence-electron chi connectivity index (χ0n) is 11.6. The molecule has 0 fully saturated rings. The molecule has 0 spiro atoms. The van der Waals surface area contributed by atoms with E-state index in [1.54, 1.807) is 0 Å². The van der Waals surface area contributed by atoms with E-state index < -0.39 is 0 Å². The third-order valence-electron chi connectivity index (χ3n) is 3.62. The van der Waals surface area contributed by atoms with Gasteiger partial charge in [0.1, 0.15) is 0 Å². The fourth-order valence-corrected chi connectivity index (χ4v) is 2.12. The molecule has 0 saturated heterocycles. The highest BCUT2D eigenvalue weighted by Crippen LogP contribution is 2.23. The maximum atomic E-state index is 3.49. The Morgan fingerprint density at radius 2 is 1.76 bits per heavy atom. The van der Waals surface area contributed by atoms with Gasteiger partial charge in [-0.3, -0.25) is 0 Å². The van der Waals surface area contributed by atoms with E-state index >= 15 is 0 Å². The van der Waals surface area contributed by atoms with Gasteiger partial charge >= 0.3 is 0 Å². The van der Waals surface area contributed by atoms with Gasteiger partial charge in [0.15, 0.2) is 0 Å². The molecule has 1 aromatic carbocycles. The predicted octanol–water partition coefficient (Wildman–Crippen LogP) is 4.21. The van der Waals surface area contributed by atoms with E-state index in [2.05, 4.69) is 56.4 Å². The van der Waals surface area contributed by atoms with Crippen LogP contribution in [0.3, 0.4) is 0 Å². The standard InChI is InChI=1S/C16H27N/c1-4-14(3)11-12-16(13-17-5-2)15-9-7-6-8-10-15/h6-10,14,16-17H,4-5,11-13H2,1-3H3. The minimum Gasteiger partial charge on any atom is -0.316 e. The molecule has 2 unspecified atom stereocenters. The number of rotatable bonds is 8. The van der Waals surface area contributed by atoms with Crippen molar-refractivity contribution in [3.05, 3.63) is 35.9 Å². The molecule has 17 heavy (non-hydrogen) atoms. The minimum atomic E-state index is 0.671. The highest BCUT2D eigenvalue weighted by molar-refractivity contribution is 5.19. The summed E-state index contributed by atoms with van der Waals surface area (Å²) in [6.45, 7) is 8.99. The molecule has 0 bridgehead atoms. The molecule has 1 rings (SSSR count). The van der Waals surface area contributed by atoms with Crippen LogP contribution in [-0.2, 0) is 0 Å². The fraction of sp³-hybridized carbons (Fsp3) is 0.625. The van der Waals surface area contributed by atoms with Crippen molar-refractivity contribution in [3.8, 4) is 0 Å². The lowest BCUT2D eigenvalue weighted by molar-refractivity contribution is 0.447. The van der Waals surface area contributed by atoms with Crippen molar-refractivity contribution in [1.82, 2.24) is 5.32 Å². The lowest BCUT2D eigenvalue weighted by Gasteiger charge is -2.19. The lowest BCUT2D eigenvalue weighted by atomic mass is 9.90. The predicted molar refractivity (Wildman–Crippen MR) is 76.4 cm³/mol. The Bertz CT molecular complexity index is 281. The van der Waals surface area contributed by atoms with Crippen LogP contribution in [0.5, 0.6) is 0 Å². The second-order valence-corrected chi connectivity index (χ2v) is 5.01. The Hall–Kier alpha value is -0.820. The maximum Gasteiger partial charge on any atom is 0.00200 e. The Kier molecular flexibility index (Phi) is 6.95. The van der Waals surface area contributed by atoms with Crippen LogP contribution in [0.15, 0.2) is 30.3 Å². The van der Waals surface area contributed by atoms with Crippen molar-refractivity contribution in [2.75, 3.05) is 13.1 Å². The van der Waals surface area contributed by atoms with E-state index in [4.69, 9.17) is 0 Å². The van der Waals surface area contributed by atoms with E-state index in [9.17, 15) is 0 Å². The molecule has 0 saturated carbocycles. The quantitative estimate of drug-likeness (QED) is 0.709. The number of benzene rings is 1. The van der Waals surface area contributed by atoms with Gasteiger partial charge in [0, 0.05) is 6.54 Å². The first-order valence-corrected chi connectivity index (χ1v) is 7.03. The summed E-state index contributed by atoms with van der Waals surface area (Å²) in [4.78, 5) is 0. The molecule has 1 nitrogen and oxygen atoms in total. The zero-order chi connectivity index (χ0) is 12.5. The summed E-state index contributed by atoms with van der Waals surface area (Å²) in [5.41, 5.74) is 1.48. The summed E-state index contributed by atoms with van der Waals surface area (Å²) < 4.78 is 0. The molecule has 0 aliphatic carbocycles. The van der Waals surface area contributed by atoms with E-state index in [0.717, 1.165) is 19.0 Å². The molecule has 2 atom stereocenters. The van der Waals surface area contributed by atoms with Crippen LogP contribution < -0.4 is 5.32 Å². The second-order valence-electron chi connectivity index (χ2n) is 5.01. The Morgan fingerprint density at radius 1 is 1.06 bits per heavy atom. The first-order valence-electron chi connectivity index (χ1n) is 7.03. The minimum absolute atomic E-state index is 0.671. The van der Waals surface area contributed by atoms with Gasteiger partial charge in [0.2, 0.25) is 0 Å². The fourth-order valence-electron chi connectivity index (χ4n) is 2.12. The molecular weight excluding hydrogens is 206 g/mol. The van der Waals surface area contributed by atoms with Gasteiger partial charge in [-0.2, -0.15) is 0 Å². The normalized spacial score (nSPS) is 14.5. The van der Waals surface area contributed by atoms with E-state index in [0.29, 0.717) is 5.92 Å². The van der Waals surface area contributed by atoms with Crippen molar-refractivity contribution < 1.29 is 0 Å². The number of nitrogens with one attached hydrogen (secondary N) is 1. The highest BCUT2D eigenvalue weighted by atomic mass is 14.8. The molecule has 1 aromatic rings.